The van der Waals surface area contributed by atoms with Crippen molar-refractivity contribution in [3.05, 3.63) is 53.6 Å². The summed E-state index contributed by atoms with van der Waals surface area (Å²) in [5.41, 5.74) is 2.34. The van der Waals surface area contributed by atoms with Crippen LogP contribution < -0.4 is 24.8 Å². The van der Waals surface area contributed by atoms with Gasteiger partial charge in [0.25, 0.3) is 0 Å². The second-order valence-corrected chi connectivity index (χ2v) is 5.98. The molecule has 146 valence electrons. The van der Waals surface area contributed by atoms with Gasteiger partial charge >= 0.3 is 0 Å². The first-order valence-electron chi connectivity index (χ1n) is 8.98. The monoisotopic (exact) mass is 371 g/mol. The molecule has 6 heteroatoms. The Morgan fingerprint density at radius 2 is 1.59 bits per heavy atom. The molecule has 0 spiro atoms. The van der Waals surface area contributed by atoms with E-state index in [9.17, 15) is 0 Å². The molecule has 0 aliphatic carbocycles. The number of rotatable bonds is 9. The summed E-state index contributed by atoms with van der Waals surface area (Å²) in [6.45, 7) is 1.46. The van der Waals surface area contributed by atoms with Gasteiger partial charge in [0, 0.05) is 31.8 Å². The summed E-state index contributed by atoms with van der Waals surface area (Å²) in [5.74, 6) is 3.21. The number of methoxy groups -OCH3 is 3. The number of aryl methyl sites for hydroxylation is 1. The molecule has 2 rings (SSSR count). The SMILES string of the molecule is CN=C(NCCCc1ccc(OC)cc1)NCc1ccc(OC)cc1OC. The van der Waals surface area contributed by atoms with Crippen molar-refractivity contribution in [1.82, 2.24) is 10.6 Å². The van der Waals surface area contributed by atoms with Gasteiger partial charge in [-0.1, -0.05) is 12.1 Å². The lowest BCUT2D eigenvalue weighted by Gasteiger charge is -2.14. The first-order chi connectivity index (χ1) is 13.2. The molecule has 0 saturated heterocycles. The predicted molar refractivity (Wildman–Crippen MR) is 109 cm³/mol. The van der Waals surface area contributed by atoms with E-state index >= 15 is 0 Å². The summed E-state index contributed by atoms with van der Waals surface area (Å²) in [6.07, 6.45) is 2.01. The summed E-state index contributed by atoms with van der Waals surface area (Å²) in [7, 11) is 6.75. The highest BCUT2D eigenvalue weighted by atomic mass is 16.5. The van der Waals surface area contributed by atoms with E-state index in [0.29, 0.717) is 6.54 Å². The Balaban J connectivity index is 1.77. The summed E-state index contributed by atoms with van der Waals surface area (Å²) in [6, 6.07) is 14.0. The molecule has 27 heavy (non-hydrogen) atoms. The smallest absolute Gasteiger partial charge is 0.191 e. The molecule has 0 fully saturated rings. The number of hydrogen-bond acceptors (Lipinski definition) is 4. The number of ether oxygens (including phenoxy) is 3. The molecule has 2 N–H and O–H groups in total. The van der Waals surface area contributed by atoms with Crippen molar-refractivity contribution in [2.45, 2.75) is 19.4 Å². The number of nitrogens with zero attached hydrogens (tertiary/aromatic N) is 1. The Morgan fingerprint density at radius 1 is 0.889 bits per heavy atom. The fourth-order valence-electron chi connectivity index (χ4n) is 2.69. The van der Waals surface area contributed by atoms with Gasteiger partial charge in [0.15, 0.2) is 5.96 Å². The molecule has 0 amide bonds. The van der Waals surface area contributed by atoms with Gasteiger partial charge in [0.2, 0.25) is 0 Å². The lowest BCUT2D eigenvalue weighted by Crippen LogP contribution is -2.37. The number of hydrogen-bond donors (Lipinski definition) is 2. The number of aliphatic imine (C=N–C) groups is 1. The molecule has 0 aliphatic heterocycles. The third-order valence-corrected chi connectivity index (χ3v) is 4.26. The van der Waals surface area contributed by atoms with Crippen LogP contribution in [-0.2, 0) is 13.0 Å². The van der Waals surface area contributed by atoms with Crippen LogP contribution in [0.25, 0.3) is 0 Å². The van der Waals surface area contributed by atoms with Gasteiger partial charge in [-0.15, -0.1) is 0 Å². The zero-order chi connectivity index (χ0) is 19.5. The van der Waals surface area contributed by atoms with E-state index < -0.39 is 0 Å². The van der Waals surface area contributed by atoms with Crippen LogP contribution >= 0.6 is 0 Å². The van der Waals surface area contributed by atoms with Crippen molar-refractivity contribution >= 4 is 5.96 Å². The summed E-state index contributed by atoms with van der Waals surface area (Å²) in [5, 5.41) is 6.65. The molecule has 2 aromatic rings. The van der Waals surface area contributed by atoms with Crippen LogP contribution in [0.5, 0.6) is 17.2 Å². The van der Waals surface area contributed by atoms with E-state index in [-0.39, 0.29) is 0 Å². The average Bonchev–Trinajstić information content (AvgIpc) is 2.73. The molecule has 2 aromatic carbocycles. The predicted octanol–water partition coefficient (Wildman–Crippen LogP) is 3.01. The van der Waals surface area contributed by atoms with Crippen LogP contribution in [0.2, 0.25) is 0 Å². The van der Waals surface area contributed by atoms with Gasteiger partial charge in [-0.05, 0) is 42.7 Å². The third kappa shape index (κ3) is 6.40. The largest absolute Gasteiger partial charge is 0.497 e. The summed E-state index contributed by atoms with van der Waals surface area (Å²) >= 11 is 0. The van der Waals surface area contributed by atoms with E-state index in [1.807, 2.05) is 30.3 Å². The Kier molecular flexibility index (Phi) is 8.29. The topological polar surface area (TPSA) is 64.1 Å². The van der Waals surface area contributed by atoms with Crippen LogP contribution in [-0.4, -0.2) is 40.9 Å². The average molecular weight is 371 g/mol. The minimum atomic E-state index is 0.616. The Hall–Kier alpha value is -2.89. The van der Waals surface area contributed by atoms with Crippen LogP contribution in [0.1, 0.15) is 17.5 Å². The van der Waals surface area contributed by atoms with Crippen LogP contribution in [0.15, 0.2) is 47.5 Å². The van der Waals surface area contributed by atoms with E-state index in [0.717, 1.165) is 48.2 Å². The van der Waals surface area contributed by atoms with Gasteiger partial charge in [-0.25, -0.2) is 0 Å². The molecular formula is C21H29N3O3. The highest BCUT2D eigenvalue weighted by Crippen LogP contribution is 2.24. The lowest BCUT2D eigenvalue weighted by molar-refractivity contribution is 0.390. The van der Waals surface area contributed by atoms with Crippen LogP contribution in [0.3, 0.4) is 0 Å². The van der Waals surface area contributed by atoms with Crippen molar-refractivity contribution in [3.8, 4) is 17.2 Å². The Morgan fingerprint density at radius 3 is 2.22 bits per heavy atom. The first-order valence-corrected chi connectivity index (χ1v) is 8.98. The van der Waals surface area contributed by atoms with E-state index in [1.165, 1.54) is 5.56 Å². The Bertz CT molecular complexity index is 730. The minimum absolute atomic E-state index is 0.616. The number of nitrogens with one attached hydrogen (secondary N) is 2. The maximum atomic E-state index is 5.43. The standard InChI is InChI=1S/C21H29N3O3/c1-22-21(23-13-5-6-16-7-10-18(25-2)11-8-16)24-15-17-9-12-19(26-3)14-20(17)27-4/h7-12,14H,5-6,13,15H2,1-4H3,(H2,22,23,24). The zero-order valence-electron chi connectivity index (χ0n) is 16.5. The van der Waals surface area contributed by atoms with Gasteiger partial charge in [0.05, 0.1) is 21.3 Å². The molecule has 0 saturated carbocycles. The number of guanidine groups is 1. The normalized spacial score (nSPS) is 11.0. The fourth-order valence-corrected chi connectivity index (χ4v) is 2.69. The quantitative estimate of drug-likeness (QED) is 0.403. The molecular weight excluding hydrogens is 342 g/mol. The molecule has 0 radical (unpaired) electrons. The van der Waals surface area contributed by atoms with Crippen molar-refractivity contribution < 1.29 is 14.2 Å². The second kappa shape index (κ2) is 11.0. The molecule has 0 aromatic heterocycles. The maximum absolute atomic E-state index is 5.43. The van der Waals surface area contributed by atoms with Crippen molar-refractivity contribution in [3.63, 3.8) is 0 Å². The van der Waals surface area contributed by atoms with Gasteiger partial charge < -0.3 is 24.8 Å². The molecule has 6 nitrogen and oxygen atoms in total. The van der Waals surface area contributed by atoms with Gasteiger partial charge in [-0.2, -0.15) is 0 Å². The molecule has 0 aliphatic rings. The van der Waals surface area contributed by atoms with Crippen molar-refractivity contribution in [2.75, 3.05) is 34.9 Å². The maximum Gasteiger partial charge on any atom is 0.191 e. The van der Waals surface area contributed by atoms with Crippen LogP contribution in [0, 0.1) is 0 Å². The van der Waals surface area contributed by atoms with Crippen molar-refractivity contribution in [1.29, 1.82) is 0 Å². The molecule has 0 heterocycles. The second-order valence-electron chi connectivity index (χ2n) is 5.98. The Labute approximate surface area is 161 Å². The van der Waals surface area contributed by atoms with E-state index in [1.54, 1.807) is 28.4 Å². The highest BCUT2D eigenvalue weighted by molar-refractivity contribution is 5.79. The minimum Gasteiger partial charge on any atom is -0.497 e. The fraction of sp³-hybridized carbons (Fsp3) is 0.381. The summed E-state index contributed by atoms with van der Waals surface area (Å²) in [4.78, 5) is 4.27. The van der Waals surface area contributed by atoms with Gasteiger partial charge in [0.1, 0.15) is 17.2 Å². The highest BCUT2D eigenvalue weighted by Gasteiger charge is 2.06. The lowest BCUT2D eigenvalue weighted by atomic mass is 10.1. The van der Waals surface area contributed by atoms with Crippen molar-refractivity contribution in [2.24, 2.45) is 4.99 Å². The summed E-state index contributed by atoms with van der Waals surface area (Å²) < 4.78 is 15.8. The first kappa shape index (κ1) is 20.4. The van der Waals surface area contributed by atoms with Crippen LogP contribution in [0.4, 0.5) is 0 Å². The molecule has 0 unspecified atom stereocenters. The van der Waals surface area contributed by atoms with E-state index in [2.05, 4.69) is 27.8 Å². The van der Waals surface area contributed by atoms with E-state index in [4.69, 9.17) is 14.2 Å². The third-order valence-electron chi connectivity index (χ3n) is 4.26. The van der Waals surface area contributed by atoms with Gasteiger partial charge in [-0.3, -0.25) is 4.99 Å². The molecule has 0 bridgehead atoms. The zero-order valence-corrected chi connectivity index (χ0v) is 16.5. The molecule has 0 atom stereocenters. The number of benzene rings is 2.